The van der Waals surface area contributed by atoms with E-state index in [1.54, 1.807) is 0 Å². The summed E-state index contributed by atoms with van der Waals surface area (Å²) in [4.78, 5) is 0. The molecule has 0 saturated heterocycles. The van der Waals surface area contributed by atoms with Crippen LogP contribution in [0.4, 0.5) is 4.39 Å². The molecule has 0 aromatic carbocycles. The zero-order valence-corrected chi connectivity index (χ0v) is 6.68. The van der Waals surface area contributed by atoms with Gasteiger partial charge in [0.2, 0.25) is 0 Å². The van der Waals surface area contributed by atoms with Gasteiger partial charge in [-0.25, -0.2) is 4.39 Å². The molecule has 1 aliphatic carbocycles. The van der Waals surface area contributed by atoms with Crippen LogP contribution in [-0.2, 0) is 0 Å². The minimum Gasteiger partial charge on any atom is -0.327 e. The monoisotopic (exact) mass is 145 g/mol. The highest BCUT2D eigenvalue weighted by atomic mass is 19.1. The molecule has 0 aromatic rings. The molecule has 60 valence electrons. The van der Waals surface area contributed by atoms with Crippen molar-refractivity contribution in [3.05, 3.63) is 0 Å². The van der Waals surface area contributed by atoms with E-state index in [1.807, 2.05) is 0 Å². The molecular formula is C8H16FN. The number of hydrogen-bond donors (Lipinski definition) is 1. The van der Waals surface area contributed by atoms with Crippen LogP contribution in [0.5, 0.6) is 0 Å². The van der Waals surface area contributed by atoms with E-state index in [1.165, 1.54) is 0 Å². The lowest BCUT2D eigenvalue weighted by molar-refractivity contribution is 0.307. The lowest BCUT2D eigenvalue weighted by atomic mass is 9.91. The second-order valence-electron chi connectivity index (χ2n) is 3.64. The van der Waals surface area contributed by atoms with Crippen LogP contribution in [0.2, 0.25) is 0 Å². The molecule has 1 nitrogen and oxygen atoms in total. The van der Waals surface area contributed by atoms with Crippen molar-refractivity contribution in [1.29, 1.82) is 0 Å². The molecule has 0 radical (unpaired) electrons. The van der Waals surface area contributed by atoms with Crippen LogP contribution in [0.15, 0.2) is 0 Å². The quantitative estimate of drug-likeness (QED) is 0.597. The van der Waals surface area contributed by atoms with Crippen LogP contribution in [0, 0.1) is 11.8 Å². The third kappa shape index (κ3) is 1.48. The van der Waals surface area contributed by atoms with E-state index in [0.717, 1.165) is 0 Å². The van der Waals surface area contributed by atoms with Gasteiger partial charge in [0.1, 0.15) is 6.17 Å². The van der Waals surface area contributed by atoms with Gasteiger partial charge in [-0.3, -0.25) is 0 Å². The Hall–Kier alpha value is -0.110. The molecular weight excluding hydrogens is 129 g/mol. The van der Waals surface area contributed by atoms with Crippen molar-refractivity contribution in [2.75, 3.05) is 0 Å². The second-order valence-corrected chi connectivity index (χ2v) is 3.64. The lowest BCUT2D eigenvalue weighted by Crippen LogP contribution is -2.27. The molecule has 0 amide bonds. The predicted octanol–water partition coefficient (Wildman–Crippen LogP) is 1.72. The summed E-state index contributed by atoms with van der Waals surface area (Å²) in [6.45, 7) is 4.23. The fourth-order valence-corrected chi connectivity index (χ4v) is 1.80. The first-order chi connectivity index (χ1) is 4.61. The summed E-state index contributed by atoms with van der Waals surface area (Å²) in [7, 11) is 0. The molecule has 1 saturated carbocycles. The highest BCUT2D eigenvalue weighted by Crippen LogP contribution is 2.32. The predicted molar refractivity (Wildman–Crippen MR) is 40.4 cm³/mol. The van der Waals surface area contributed by atoms with E-state index in [9.17, 15) is 4.39 Å². The van der Waals surface area contributed by atoms with Crippen LogP contribution < -0.4 is 5.73 Å². The summed E-state index contributed by atoms with van der Waals surface area (Å²) in [5.41, 5.74) is 5.73. The van der Waals surface area contributed by atoms with Gasteiger partial charge in [-0.15, -0.1) is 0 Å². The van der Waals surface area contributed by atoms with Crippen LogP contribution >= 0.6 is 0 Å². The number of alkyl halides is 1. The third-order valence-corrected chi connectivity index (χ3v) is 2.46. The summed E-state index contributed by atoms with van der Waals surface area (Å²) in [6, 6.07) is 0.106. The van der Waals surface area contributed by atoms with Crippen LogP contribution in [0.1, 0.15) is 26.7 Å². The minimum absolute atomic E-state index is 0.106. The Morgan fingerprint density at radius 2 is 2.00 bits per heavy atom. The summed E-state index contributed by atoms with van der Waals surface area (Å²) < 4.78 is 12.7. The lowest BCUT2D eigenvalue weighted by Gasteiger charge is -2.18. The number of nitrogens with two attached hydrogens (primary N) is 1. The van der Waals surface area contributed by atoms with Crippen molar-refractivity contribution in [1.82, 2.24) is 0 Å². The summed E-state index contributed by atoms with van der Waals surface area (Å²) >= 11 is 0. The van der Waals surface area contributed by atoms with Crippen molar-refractivity contribution >= 4 is 0 Å². The van der Waals surface area contributed by atoms with Crippen molar-refractivity contribution in [3.8, 4) is 0 Å². The first kappa shape index (κ1) is 7.99. The smallest absolute Gasteiger partial charge is 0.102 e. The Balaban J connectivity index is 2.46. The van der Waals surface area contributed by atoms with Gasteiger partial charge in [-0.05, 0) is 24.7 Å². The largest absolute Gasteiger partial charge is 0.327 e. The zero-order chi connectivity index (χ0) is 7.72. The number of halogens is 1. The molecule has 0 spiro atoms. The Morgan fingerprint density at radius 1 is 1.40 bits per heavy atom. The van der Waals surface area contributed by atoms with Crippen molar-refractivity contribution < 1.29 is 4.39 Å². The molecule has 10 heavy (non-hydrogen) atoms. The van der Waals surface area contributed by atoms with Gasteiger partial charge in [0.25, 0.3) is 0 Å². The summed E-state index contributed by atoms with van der Waals surface area (Å²) in [6.07, 6.45) is 0.615. The number of hydrogen-bond acceptors (Lipinski definition) is 1. The molecule has 0 aromatic heterocycles. The Morgan fingerprint density at radius 3 is 2.20 bits per heavy atom. The summed E-state index contributed by atoms with van der Waals surface area (Å²) in [5.74, 6) is 0.950. The van der Waals surface area contributed by atoms with Gasteiger partial charge in [0.05, 0.1) is 0 Å². The van der Waals surface area contributed by atoms with Gasteiger partial charge >= 0.3 is 0 Å². The fourth-order valence-electron chi connectivity index (χ4n) is 1.80. The first-order valence-electron chi connectivity index (χ1n) is 4.01. The van der Waals surface area contributed by atoms with Gasteiger partial charge in [0, 0.05) is 6.04 Å². The average Bonchev–Trinajstić information content (AvgIpc) is 2.10. The van der Waals surface area contributed by atoms with E-state index in [0.29, 0.717) is 24.7 Å². The Labute approximate surface area is 61.8 Å². The molecule has 0 heterocycles. The third-order valence-electron chi connectivity index (χ3n) is 2.46. The molecule has 0 bridgehead atoms. The van der Waals surface area contributed by atoms with Crippen molar-refractivity contribution in [2.45, 2.75) is 38.9 Å². The summed E-state index contributed by atoms with van der Waals surface area (Å²) in [5, 5.41) is 0. The normalized spacial score (nSPS) is 41.1. The van der Waals surface area contributed by atoms with Crippen molar-refractivity contribution in [3.63, 3.8) is 0 Å². The molecule has 3 atom stereocenters. The molecule has 3 unspecified atom stereocenters. The van der Waals surface area contributed by atoms with Crippen LogP contribution in [-0.4, -0.2) is 12.2 Å². The number of rotatable bonds is 1. The molecule has 1 fully saturated rings. The zero-order valence-electron chi connectivity index (χ0n) is 6.68. The van der Waals surface area contributed by atoms with Gasteiger partial charge in [0.15, 0.2) is 0 Å². The van der Waals surface area contributed by atoms with Crippen molar-refractivity contribution in [2.24, 2.45) is 17.6 Å². The Kier molecular flexibility index (Phi) is 2.29. The van der Waals surface area contributed by atoms with Crippen LogP contribution in [0.3, 0.4) is 0 Å². The average molecular weight is 145 g/mol. The maximum Gasteiger partial charge on any atom is 0.102 e. The fraction of sp³-hybridized carbons (Fsp3) is 1.00. The van der Waals surface area contributed by atoms with E-state index >= 15 is 0 Å². The second kappa shape index (κ2) is 2.87. The maximum absolute atomic E-state index is 12.7. The minimum atomic E-state index is -0.637. The molecule has 2 N–H and O–H groups in total. The van der Waals surface area contributed by atoms with E-state index in [4.69, 9.17) is 5.73 Å². The highest BCUT2D eigenvalue weighted by Gasteiger charge is 2.33. The van der Waals surface area contributed by atoms with Crippen LogP contribution in [0.25, 0.3) is 0 Å². The SMILES string of the molecule is CC(C)C1CC(F)CC1N. The van der Waals surface area contributed by atoms with Gasteiger partial charge in [-0.1, -0.05) is 13.8 Å². The molecule has 2 heteroatoms. The van der Waals surface area contributed by atoms with E-state index < -0.39 is 6.17 Å². The standard InChI is InChI=1S/C8H16FN/c1-5(2)7-3-6(9)4-8(7)10/h5-8H,3-4,10H2,1-2H3. The topological polar surface area (TPSA) is 26.0 Å². The highest BCUT2D eigenvalue weighted by molar-refractivity contribution is 4.87. The molecule has 1 aliphatic rings. The molecule has 1 rings (SSSR count). The van der Waals surface area contributed by atoms with E-state index in [2.05, 4.69) is 13.8 Å². The van der Waals surface area contributed by atoms with Gasteiger partial charge in [-0.2, -0.15) is 0 Å². The molecule has 0 aliphatic heterocycles. The van der Waals surface area contributed by atoms with Gasteiger partial charge < -0.3 is 5.73 Å². The first-order valence-corrected chi connectivity index (χ1v) is 4.01. The maximum atomic E-state index is 12.7. The van der Waals surface area contributed by atoms with E-state index in [-0.39, 0.29) is 6.04 Å². The Bertz CT molecular complexity index is 114.